The average molecular weight is 378 g/mol. The van der Waals surface area contributed by atoms with Crippen molar-refractivity contribution < 1.29 is 14.1 Å². The summed E-state index contributed by atoms with van der Waals surface area (Å²) in [6.07, 6.45) is -0.0680. The van der Waals surface area contributed by atoms with E-state index in [9.17, 15) is 4.79 Å². The number of anilines is 1. The highest BCUT2D eigenvalue weighted by Crippen LogP contribution is 2.30. The number of carbonyl (C=O) groups is 1. The average Bonchev–Trinajstić information content (AvgIpc) is 3.07. The summed E-state index contributed by atoms with van der Waals surface area (Å²) in [6.45, 7) is 0. The lowest BCUT2D eigenvalue weighted by molar-refractivity contribution is -0.115. The molecule has 1 N–H and O–H groups in total. The lowest BCUT2D eigenvalue weighted by Crippen LogP contribution is -2.15. The van der Waals surface area contributed by atoms with Gasteiger partial charge in [0, 0.05) is 0 Å². The van der Waals surface area contributed by atoms with Crippen LogP contribution in [-0.2, 0) is 11.2 Å². The van der Waals surface area contributed by atoms with E-state index in [1.807, 2.05) is 12.1 Å². The van der Waals surface area contributed by atoms with Crippen LogP contribution in [0.3, 0.4) is 0 Å². The number of hydrogen-bond donors (Lipinski definition) is 1. The number of para-hydroxylation sites is 1. The monoisotopic (exact) mass is 377 g/mol. The maximum Gasteiger partial charge on any atom is 0.261 e. The fraction of sp³-hybridized carbons (Fsp3) is 0.118. The number of nitrogens with zero attached hydrogens (tertiary/aromatic N) is 2. The number of nitrogens with one attached hydrogen (secondary N) is 1. The SMILES string of the molecule is COc1ccccc1-c1nc(CC(=O)Nc2cccc(Cl)c2Cl)no1. The molecule has 3 aromatic rings. The summed E-state index contributed by atoms with van der Waals surface area (Å²) in [5.74, 6) is 0.794. The van der Waals surface area contributed by atoms with Gasteiger partial charge in [0.05, 0.1) is 34.8 Å². The Kier molecular flexibility index (Phi) is 5.21. The summed E-state index contributed by atoms with van der Waals surface area (Å²) in [7, 11) is 1.55. The third-order valence-electron chi connectivity index (χ3n) is 3.35. The zero-order valence-corrected chi connectivity index (χ0v) is 14.6. The van der Waals surface area contributed by atoms with Crippen molar-refractivity contribution in [2.24, 2.45) is 0 Å². The van der Waals surface area contributed by atoms with Gasteiger partial charge in [-0.3, -0.25) is 4.79 Å². The second-order valence-corrected chi connectivity index (χ2v) is 5.83. The molecular weight excluding hydrogens is 365 g/mol. The van der Waals surface area contributed by atoms with Crippen LogP contribution in [0.5, 0.6) is 5.75 Å². The Bertz CT molecular complexity index is 912. The molecule has 0 saturated heterocycles. The summed E-state index contributed by atoms with van der Waals surface area (Å²) < 4.78 is 10.5. The van der Waals surface area contributed by atoms with Gasteiger partial charge in [0.2, 0.25) is 5.91 Å². The molecule has 8 heteroatoms. The van der Waals surface area contributed by atoms with E-state index in [-0.39, 0.29) is 29.1 Å². The topological polar surface area (TPSA) is 77.2 Å². The highest BCUT2D eigenvalue weighted by Gasteiger charge is 2.16. The Morgan fingerprint density at radius 1 is 1.20 bits per heavy atom. The number of aromatic nitrogens is 2. The Morgan fingerprint density at radius 3 is 2.80 bits per heavy atom. The largest absolute Gasteiger partial charge is 0.496 e. The predicted molar refractivity (Wildman–Crippen MR) is 95.1 cm³/mol. The van der Waals surface area contributed by atoms with Crippen LogP contribution in [0.1, 0.15) is 5.82 Å². The lowest BCUT2D eigenvalue weighted by Gasteiger charge is -2.06. The van der Waals surface area contributed by atoms with Gasteiger partial charge in [-0.25, -0.2) is 0 Å². The van der Waals surface area contributed by atoms with Crippen LogP contribution < -0.4 is 10.1 Å². The van der Waals surface area contributed by atoms with E-state index in [4.69, 9.17) is 32.5 Å². The quantitative estimate of drug-likeness (QED) is 0.719. The smallest absolute Gasteiger partial charge is 0.261 e. The molecule has 0 aliphatic carbocycles. The minimum absolute atomic E-state index is 0.0680. The van der Waals surface area contributed by atoms with Crippen molar-refractivity contribution in [3.63, 3.8) is 0 Å². The molecule has 128 valence electrons. The third kappa shape index (κ3) is 3.92. The molecule has 1 heterocycles. The molecule has 1 aromatic heterocycles. The fourth-order valence-electron chi connectivity index (χ4n) is 2.19. The highest BCUT2D eigenvalue weighted by atomic mass is 35.5. The van der Waals surface area contributed by atoms with Crippen LogP contribution in [0.25, 0.3) is 11.5 Å². The number of amides is 1. The van der Waals surface area contributed by atoms with E-state index < -0.39 is 0 Å². The highest BCUT2D eigenvalue weighted by molar-refractivity contribution is 6.43. The molecule has 0 atom stereocenters. The molecule has 3 rings (SSSR count). The number of carbonyl (C=O) groups excluding carboxylic acids is 1. The molecule has 0 bridgehead atoms. The van der Waals surface area contributed by atoms with Gasteiger partial charge in [-0.15, -0.1) is 0 Å². The van der Waals surface area contributed by atoms with Crippen molar-refractivity contribution in [1.29, 1.82) is 0 Å². The van der Waals surface area contributed by atoms with E-state index in [2.05, 4.69) is 15.5 Å². The van der Waals surface area contributed by atoms with Crippen LogP contribution in [-0.4, -0.2) is 23.2 Å². The van der Waals surface area contributed by atoms with E-state index in [1.54, 1.807) is 37.4 Å². The molecule has 0 radical (unpaired) electrons. The van der Waals surface area contributed by atoms with Crippen LogP contribution in [0.15, 0.2) is 47.0 Å². The first-order valence-electron chi connectivity index (χ1n) is 7.28. The summed E-state index contributed by atoms with van der Waals surface area (Å²) in [6, 6.07) is 12.2. The van der Waals surface area contributed by atoms with Crippen molar-refractivity contribution in [3.8, 4) is 17.2 Å². The molecule has 25 heavy (non-hydrogen) atoms. The van der Waals surface area contributed by atoms with Gasteiger partial charge in [0.1, 0.15) is 5.75 Å². The van der Waals surface area contributed by atoms with E-state index >= 15 is 0 Å². The normalized spacial score (nSPS) is 10.5. The van der Waals surface area contributed by atoms with Gasteiger partial charge in [-0.1, -0.05) is 46.6 Å². The standard InChI is InChI=1S/C17H13Cl2N3O3/c1-24-13-8-3-2-5-10(13)17-21-14(22-25-17)9-15(23)20-12-7-4-6-11(18)16(12)19/h2-8H,9H2,1H3,(H,20,23). The van der Waals surface area contributed by atoms with Gasteiger partial charge in [0.25, 0.3) is 5.89 Å². The Labute approximate surface area is 153 Å². The summed E-state index contributed by atoms with van der Waals surface area (Å²) >= 11 is 12.0. The van der Waals surface area contributed by atoms with Gasteiger partial charge in [-0.2, -0.15) is 4.98 Å². The van der Waals surface area contributed by atoms with Crippen molar-refractivity contribution in [2.45, 2.75) is 6.42 Å². The van der Waals surface area contributed by atoms with Crippen LogP contribution in [0.4, 0.5) is 5.69 Å². The molecule has 0 unspecified atom stereocenters. The first kappa shape index (κ1) is 17.3. The van der Waals surface area contributed by atoms with Gasteiger partial charge >= 0.3 is 0 Å². The van der Waals surface area contributed by atoms with E-state index in [1.165, 1.54) is 0 Å². The van der Waals surface area contributed by atoms with Crippen LogP contribution in [0.2, 0.25) is 10.0 Å². The van der Waals surface area contributed by atoms with E-state index in [0.29, 0.717) is 22.0 Å². The Morgan fingerprint density at radius 2 is 2.00 bits per heavy atom. The maximum absolute atomic E-state index is 12.2. The molecule has 0 aliphatic heterocycles. The summed E-state index contributed by atoms with van der Waals surface area (Å²) in [4.78, 5) is 16.4. The number of rotatable bonds is 5. The van der Waals surface area contributed by atoms with Crippen LogP contribution >= 0.6 is 23.2 Å². The second-order valence-electron chi connectivity index (χ2n) is 5.04. The van der Waals surface area contributed by atoms with Crippen molar-refractivity contribution >= 4 is 34.8 Å². The van der Waals surface area contributed by atoms with Crippen molar-refractivity contribution in [3.05, 3.63) is 58.3 Å². The molecule has 0 spiro atoms. The first-order valence-corrected chi connectivity index (χ1v) is 8.04. The molecule has 0 aliphatic rings. The number of ether oxygens (including phenoxy) is 1. The predicted octanol–water partition coefficient (Wildman–Crippen LogP) is 4.23. The molecule has 0 saturated carbocycles. The van der Waals surface area contributed by atoms with Crippen molar-refractivity contribution in [1.82, 2.24) is 10.1 Å². The van der Waals surface area contributed by atoms with Gasteiger partial charge in [-0.05, 0) is 24.3 Å². The van der Waals surface area contributed by atoms with Crippen LogP contribution in [0, 0.1) is 0 Å². The molecule has 2 aromatic carbocycles. The summed E-state index contributed by atoms with van der Waals surface area (Å²) in [5, 5.41) is 7.13. The minimum Gasteiger partial charge on any atom is -0.496 e. The zero-order chi connectivity index (χ0) is 17.8. The maximum atomic E-state index is 12.2. The first-order chi connectivity index (χ1) is 12.1. The number of hydrogen-bond acceptors (Lipinski definition) is 5. The Balaban J connectivity index is 1.73. The third-order valence-corrected chi connectivity index (χ3v) is 4.17. The molecule has 6 nitrogen and oxygen atoms in total. The number of halogens is 2. The van der Waals surface area contributed by atoms with Gasteiger partial charge < -0.3 is 14.6 Å². The lowest BCUT2D eigenvalue weighted by atomic mass is 10.2. The number of methoxy groups -OCH3 is 1. The number of benzene rings is 2. The molecule has 0 fully saturated rings. The molecular formula is C17H13Cl2N3O3. The zero-order valence-electron chi connectivity index (χ0n) is 13.1. The minimum atomic E-state index is -0.337. The Hall–Kier alpha value is -2.57. The molecule has 1 amide bonds. The van der Waals surface area contributed by atoms with Crippen molar-refractivity contribution in [2.75, 3.05) is 12.4 Å². The van der Waals surface area contributed by atoms with Gasteiger partial charge in [0.15, 0.2) is 5.82 Å². The fourth-order valence-corrected chi connectivity index (χ4v) is 2.54. The van der Waals surface area contributed by atoms with E-state index in [0.717, 1.165) is 0 Å². The summed E-state index contributed by atoms with van der Waals surface area (Å²) in [5.41, 5.74) is 1.08. The second kappa shape index (κ2) is 7.55.